The Morgan fingerprint density at radius 1 is 0.582 bits per heavy atom. The van der Waals surface area contributed by atoms with Gasteiger partial charge in [-0.15, -0.1) is 0 Å². The molecule has 5 aliphatic heterocycles. The Bertz CT molecular complexity index is 3420. The fourth-order valence-electron chi connectivity index (χ4n) is 9.89. The molecule has 0 aliphatic carbocycles. The first-order valence-electron chi connectivity index (χ1n) is 24.0. The Morgan fingerprint density at radius 2 is 0.924 bits per heavy atom. The van der Waals surface area contributed by atoms with E-state index >= 15 is 0 Å². The van der Waals surface area contributed by atoms with Crippen LogP contribution in [0.5, 0.6) is 0 Å². The van der Waals surface area contributed by atoms with Crippen molar-refractivity contribution in [2.45, 2.75) is 132 Å². The van der Waals surface area contributed by atoms with Gasteiger partial charge in [0.25, 0.3) is 5.97 Å². The van der Waals surface area contributed by atoms with E-state index in [0.717, 1.165) is 6.92 Å². The summed E-state index contributed by atoms with van der Waals surface area (Å²) >= 11 is 0. The van der Waals surface area contributed by atoms with Crippen molar-refractivity contribution < 1.29 is 77.4 Å². The minimum atomic E-state index is -1.89. The zero-order chi connectivity index (χ0) is 57.6. The highest BCUT2D eigenvalue weighted by Crippen LogP contribution is 2.51. The molecule has 10 N–H and O–H groups in total. The molecule has 31 nitrogen and oxygen atoms in total. The molecule has 5 fully saturated rings. The Hall–Kier alpha value is -8.26. The summed E-state index contributed by atoms with van der Waals surface area (Å²) in [5, 5.41) is 79.8. The first kappa shape index (κ1) is 56.9. The number of nitrogens with two attached hydrogens (primary N) is 3. The van der Waals surface area contributed by atoms with Gasteiger partial charge < -0.3 is 80.3 Å². The van der Waals surface area contributed by atoms with E-state index in [1.54, 1.807) is 58.0 Å². The lowest BCUT2D eigenvalue weighted by molar-refractivity contribution is -0.206. The number of carboxylic acid groups (broad SMARTS) is 1. The van der Waals surface area contributed by atoms with E-state index in [1.165, 1.54) is 52.4 Å². The van der Waals surface area contributed by atoms with E-state index in [0.29, 0.717) is 33.8 Å². The third-order valence-corrected chi connectivity index (χ3v) is 13.1. The number of nitrogen functional groups attached to an aromatic ring is 3. The van der Waals surface area contributed by atoms with Crippen LogP contribution >= 0.6 is 0 Å². The summed E-state index contributed by atoms with van der Waals surface area (Å²) in [6, 6.07) is 16.2. The lowest BCUT2D eigenvalue weighted by Crippen LogP contribution is -2.41. The van der Waals surface area contributed by atoms with Gasteiger partial charge in [0.15, 0.2) is 29.0 Å². The molecule has 0 amide bonds. The van der Waals surface area contributed by atoms with Crippen molar-refractivity contribution in [3.63, 3.8) is 0 Å². The van der Waals surface area contributed by atoms with Crippen molar-refractivity contribution in [2.24, 2.45) is 0 Å². The van der Waals surface area contributed by atoms with Gasteiger partial charge >= 0.3 is 11.9 Å². The third-order valence-electron chi connectivity index (χ3n) is 13.1. The van der Waals surface area contributed by atoms with Crippen molar-refractivity contribution in [3.05, 3.63) is 72.5 Å². The number of aromatic nitrogens is 9. The van der Waals surface area contributed by atoms with Crippen LogP contribution in [0.1, 0.15) is 65.5 Å². The summed E-state index contributed by atoms with van der Waals surface area (Å²) in [6.45, 7) is 9.99. The fourth-order valence-corrected chi connectivity index (χ4v) is 9.89. The van der Waals surface area contributed by atoms with Crippen LogP contribution in [0, 0.1) is 34.0 Å². The van der Waals surface area contributed by atoms with Crippen LogP contribution in [-0.2, 0) is 73.8 Å². The normalized spacial score (nSPS) is 30.5. The van der Waals surface area contributed by atoms with Gasteiger partial charge in [-0.05, 0) is 64.1 Å². The number of hydrogen-bond acceptors (Lipinski definition) is 27. The Labute approximate surface area is 447 Å². The maximum Gasteiger partial charge on any atom is 0.302 e. The van der Waals surface area contributed by atoms with Crippen molar-refractivity contribution in [3.8, 4) is 18.2 Å². The van der Waals surface area contributed by atoms with E-state index in [4.69, 9.17) is 69.7 Å². The summed E-state index contributed by atoms with van der Waals surface area (Å²) in [6.07, 6.45) is -4.20. The molecule has 0 unspecified atom stereocenters. The second-order valence-corrected chi connectivity index (χ2v) is 19.3. The standard InChI is InChI=1S/C17H19N5O5.C15H17N5O4.C14H15N5O5.C2H4O2/c1-9(23)24-6-11-13-14(27-16(2,3)26-13)17(7-18,25-11)12-5-4-10-15(19)20-8-21-22(10)12;1-14(2)23-11-9(5-21)22-15(6-16,12(11)24-14)10-4-3-8-13(17)18-7-19-20(8)10;1-7(20)23-4-9-11(21)12(22)14(5-15,24-9)10-3-2-8-13(16)17-6-18-19(8)10;1-2(3)4/h4-5,8,11,13-14H,6H2,1-3H3,(H2,19,20,21);3-4,7,9,11-12,21H,5H2,1-2H3,(H2,17,18,19);2-3,6,9,11-12,21-22H,4H2,1H3,(H2,16,17,18);1H3,(H,3,4)/t11-,13-,14-,17+;9-,11-,12-,15+;9-,11-,12-,14+;/m111./s1. The highest BCUT2D eigenvalue weighted by molar-refractivity contribution is 5.68. The summed E-state index contributed by atoms with van der Waals surface area (Å²) in [5.74, 6) is -2.89. The van der Waals surface area contributed by atoms with Crippen LogP contribution in [0.2, 0.25) is 0 Å². The first-order chi connectivity index (χ1) is 37.3. The SMILES string of the molecule is CC(=O)O.CC(=O)OC[C@H]1O[C@@](C#N)(c2ccc3c(N)ncnn23)[C@@H]2OC(C)(C)O[C@@H]21.CC(=O)OC[C@H]1O[C@@](C#N)(c2ccc3c(N)ncnn23)[C@H](O)[C@@H]1O.CC1(C)O[C@H]2[C@@H](O1)[C@](C#N)(c1ccc3c(N)ncnn13)O[C@@H]2CO. The van der Waals surface area contributed by atoms with E-state index < -0.39 is 101 Å². The Kier molecular flexibility index (Phi) is 15.5. The van der Waals surface area contributed by atoms with Crippen LogP contribution < -0.4 is 17.2 Å². The molecule has 5 saturated heterocycles. The van der Waals surface area contributed by atoms with E-state index in [9.17, 15) is 40.7 Å². The highest BCUT2D eigenvalue weighted by atomic mass is 16.8. The smallest absolute Gasteiger partial charge is 0.302 e. The van der Waals surface area contributed by atoms with Crippen molar-refractivity contribution in [1.82, 2.24) is 43.8 Å². The van der Waals surface area contributed by atoms with Gasteiger partial charge in [0.05, 0.1) is 23.7 Å². The molecule has 0 radical (unpaired) electrons. The molecule has 11 heterocycles. The number of carbonyl (C=O) groups excluding carboxylic acids is 2. The molecule has 31 heteroatoms. The molecule has 0 spiro atoms. The van der Waals surface area contributed by atoms with Crippen LogP contribution in [0.25, 0.3) is 16.6 Å². The first-order valence-corrected chi connectivity index (χ1v) is 24.0. The molecule has 6 aromatic heterocycles. The van der Waals surface area contributed by atoms with Gasteiger partial charge in [-0.1, -0.05) is 0 Å². The summed E-state index contributed by atoms with van der Waals surface area (Å²) in [5.41, 5.74) is 15.3. The second-order valence-electron chi connectivity index (χ2n) is 19.3. The number of aliphatic hydroxyl groups is 3. The van der Waals surface area contributed by atoms with Crippen LogP contribution in [0.3, 0.4) is 0 Å². The number of nitrogens with zero attached hydrogens (tertiary/aromatic N) is 12. The third kappa shape index (κ3) is 10.2. The quantitative estimate of drug-likeness (QED) is 0.0923. The summed E-state index contributed by atoms with van der Waals surface area (Å²) < 4.78 is 55.6. The van der Waals surface area contributed by atoms with Gasteiger partial charge in [0.2, 0.25) is 16.8 Å². The maximum absolute atomic E-state index is 11.2. The van der Waals surface area contributed by atoms with Crippen LogP contribution in [-0.4, -0.2) is 168 Å². The van der Waals surface area contributed by atoms with Crippen molar-refractivity contribution in [2.75, 3.05) is 37.0 Å². The number of ether oxygens (including phenoxy) is 9. The Balaban J connectivity index is 0.000000151. The number of aliphatic hydroxyl groups excluding tert-OH is 3. The molecule has 12 atom stereocenters. The second kappa shape index (κ2) is 21.5. The largest absolute Gasteiger partial charge is 0.481 e. The number of esters is 2. The number of rotatable bonds is 8. The Morgan fingerprint density at radius 3 is 1.29 bits per heavy atom. The zero-order valence-electron chi connectivity index (χ0n) is 43.3. The number of anilines is 3. The lowest BCUT2D eigenvalue weighted by Gasteiger charge is -2.28. The molecular formula is C48H55N15O16. The fraction of sp³-hybridized carbons (Fsp3) is 0.500. The van der Waals surface area contributed by atoms with Crippen LogP contribution in [0.15, 0.2) is 55.4 Å². The molecule has 79 heavy (non-hydrogen) atoms. The van der Waals surface area contributed by atoms with Crippen LogP contribution in [0.4, 0.5) is 17.5 Å². The zero-order valence-corrected chi connectivity index (χ0v) is 43.3. The molecular weight excluding hydrogens is 1040 g/mol. The number of carboxylic acids is 1. The minimum absolute atomic E-state index is 0.0558. The van der Waals surface area contributed by atoms with E-state index in [2.05, 4.69) is 42.4 Å². The molecule has 0 aromatic carbocycles. The highest BCUT2D eigenvalue weighted by Gasteiger charge is 2.67. The van der Waals surface area contributed by atoms with E-state index in [-0.39, 0.29) is 37.2 Å². The molecule has 6 aromatic rings. The monoisotopic (exact) mass is 1100 g/mol. The number of hydrogen-bond donors (Lipinski definition) is 7. The van der Waals surface area contributed by atoms with Gasteiger partial charge in [-0.2, -0.15) is 31.1 Å². The maximum atomic E-state index is 11.2. The molecule has 0 bridgehead atoms. The van der Waals surface area contributed by atoms with E-state index in [1.807, 2.05) is 6.07 Å². The van der Waals surface area contributed by atoms with Gasteiger partial charge in [0, 0.05) is 20.8 Å². The van der Waals surface area contributed by atoms with Gasteiger partial charge in [-0.25, -0.2) is 28.5 Å². The molecule has 5 aliphatic rings. The predicted octanol–water partition coefficient (Wildman–Crippen LogP) is -0.741. The summed E-state index contributed by atoms with van der Waals surface area (Å²) in [7, 11) is 0. The van der Waals surface area contributed by atoms with Gasteiger partial charge in [-0.3, -0.25) is 14.4 Å². The average Bonchev–Trinajstić information content (AvgIpc) is 4.44. The molecule has 0 saturated carbocycles. The average molecular weight is 1100 g/mol. The van der Waals surface area contributed by atoms with Gasteiger partial charge in [0.1, 0.15) is 122 Å². The van der Waals surface area contributed by atoms with Crippen molar-refractivity contribution >= 4 is 51.9 Å². The topological polar surface area (TPSA) is 455 Å². The molecule has 11 rings (SSSR count). The predicted molar refractivity (Wildman–Crippen MR) is 262 cm³/mol. The lowest BCUT2D eigenvalue weighted by atomic mass is 9.92. The minimum Gasteiger partial charge on any atom is -0.481 e. The number of fused-ring (bicyclic) bond motifs is 5. The number of nitriles is 3. The summed E-state index contributed by atoms with van der Waals surface area (Å²) in [4.78, 5) is 42.9. The molecule has 418 valence electrons. The number of aliphatic carboxylic acids is 1. The number of carbonyl (C=O) groups is 3. The van der Waals surface area contributed by atoms with Crippen molar-refractivity contribution in [1.29, 1.82) is 15.8 Å².